The van der Waals surface area contributed by atoms with Gasteiger partial charge in [0.25, 0.3) is 0 Å². The molecular weight excluding hydrogens is 326 g/mol. The monoisotopic (exact) mass is 339 g/mol. The van der Waals surface area contributed by atoms with E-state index in [1.165, 1.54) is 0 Å². The lowest BCUT2D eigenvalue weighted by molar-refractivity contribution is 0.595. The number of benzene rings is 2. The Bertz CT molecular complexity index is 694. The lowest BCUT2D eigenvalue weighted by atomic mass is 10.2. The van der Waals surface area contributed by atoms with Crippen molar-refractivity contribution >= 4 is 31.5 Å². The summed E-state index contributed by atoms with van der Waals surface area (Å²) in [6.07, 6.45) is 0. The first-order valence-electron chi connectivity index (χ1n) is 5.72. The molecule has 0 spiro atoms. The first kappa shape index (κ1) is 14.1. The smallest absolute Gasteiger partial charge is 0.182 e. The van der Waals surface area contributed by atoms with Gasteiger partial charge >= 0.3 is 0 Å². The van der Waals surface area contributed by atoms with Crippen LogP contribution in [0.2, 0.25) is 0 Å². The van der Waals surface area contributed by atoms with Crippen LogP contribution in [-0.2, 0) is 15.6 Å². The number of halogens is 1. The highest BCUT2D eigenvalue weighted by Gasteiger charge is 2.17. The van der Waals surface area contributed by atoms with Gasteiger partial charge in [0.1, 0.15) is 0 Å². The Morgan fingerprint density at radius 3 is 2.37 bits per heavy atom. The molecule has 0 heterocycles. The van der Waals surface area contributed by atoms with Crippen LogP contribution in [0, 0.1) is 6.92 Å². The van der Waals surface area contributed by atoms with Crippen LogP contribution in [0.15, 0.2) is 51.8 Å². The van der Waals surface area contributed by atoms with Crippen molar-refractivity contribution in [3.05, 3.63) is 58.1 Å². The summed E-state index contributed by atoms with van der Waals surface area (Å²) in [6, 6.07) is 12.1. The minimum atomic E-state index is -3.35. The minimum absolute atomic E-state index is 0.0678. The fraction of sp³-hybridized carbons (Fsp3) is 0.143. The van der Waals surface area contributed by atoms with E-state index in [4.69, 9.17) is 5.73 Å². The number of anilines is 1. The van der Waals surface area contributed by atoms with Gasteiger partial charge in [0, 0.05) is 10.2 Å². The molecule has 2 aromatic carbocycles. The van der Waals surface area contributed by atoms with E-state index in [9.17, 15) is 8.42 Å². The van der Waals surface area contributed by atoms with Crippen molar-refractivity contribution in [3.63, 3.8) is 0 Å². The third-order valence-electron chi connectivity index (χ3n) is 2.83. The van der Waals surface area contributed by atoms with E-state index in [-0.39, 0.29) is 5.75 Å². The highest BCUT2D eigenvalue weighted by molar-refractivity contribution is 9.10. The largest absolute Gasteiger partial charge is 0.398 e. The van der Waals surface area contributed by atoms with Crippen molar-refractivity contribution in [1.82, 2.24) is 0 Å². The molecular formula is C14H14BrNO2S. The standard InChI is InChI=1S/C14H14BrNO2S/c1-10-5-7-12(8-6-10)19(17,18)9-11-3-2-4-13(16)14(11)15/h2-8H,9,16H2,1H3. The summed E-state index contributed by atoms with van der Waals surface area (Å²) in [5.74, 6) is -0.0678. The number of hydrogen-bond donors (Lipinski definition) is 1. The Labute approximate surface area is 121 Å². The zero-order chi connectivity index (χ0) is 14.0. The molecule has 2 N–H and O–H groups in total. The van der Waals surface area contributed by atoms with Crippen LogP contribution < -0.4 is 5.73 Å². The third kappa shape index (κ3) is 3.16. The predicted molar refractivity (Wildman–Crippen MR) is 80.6 cm³/mol. The second-order valence-electron chi connectivity index (χ2n) is 4.39. The molecule has 0 aliphatic heterocycles. The Hall–Kier alpha value is -1.33. The fourth-order valence-corrected chi connectivity index (χ4v) is 3.70. The van der Waals surface area contributed by atoms with Crippen LogP contribution in [0.4, 0.5) is 5.69 Å². The zero-order valence-corrected chi connectivity index (χ0v) is 12.8. The van der Waals surface area contributed by atoms with Crippen LogP contribution in [0.1, 0.15) is 11.1 Å². The summed E-state index contributed by atoms with van der Waals surface area (Å²) in [5, 5.41) is 0. The molecule has 0 saturated heterocycles. The lowest BCUT2D eigenvalue weighted by Gasteiger charge is -2.08. The molecule has 100 valence electrons. The molecule has 0 amide bonds. The van der Waals surface area contributed by atoms with Crippen LogP contribution in [0.5, 0.6) is 0 Å². The summed E-state index contributed by atoms with van der Waals surface area (Å²) in [4.78, 5) is 0.326. The van der Waals surface area contributed by atoms with E-state index in [0.717, 1.165) is 5.56 Å². The van der Waals surface area contributed by atoms with Crippen molar-refractivity contribution < 1.29 is 8.42 Å². The molecule has 5 heteroatoms. The van der Waals surface area contributed by atoms with Gasteiger partial charge in [-0.1, -0.05) is 29.8 Å². The highest BCUT2D eigenvalue weighted by Crippen LogP contribution is 2.27. The molecule has 0 aliphatic carbocycles. The molecule has 0 aromatic heterocycles. The lowest BCUT2D eigenvalue weighted by Crippen LogP contribution is -2.06. The van der Waals surface area contributed by atoms with Crippen molar-refractivity contribution in [2.75, 3.05) is 5.73 Å². The Balaban J connectivity index is 2.36. The van der Waals surface area contributed by atoms with Crippen LogP contribution in [0.3, 0.4) is 0 Å². The average Bonchev–Trinajstić information content (AvgIpc) is 2.35. The number of hydrogen-bond acceptors (Lipinski definition) is 3. The van der Waals surface area contributed by atoms with Crippen molar-refractivity contribution in [2.24, 2.45) is 0 Å². The van der Waals surface area contributed by atoms with Crippen LogP contribution in [0.25, 0.3) is 0 Å². The summed E-state index contributed by atoms with van der Waals surface area (Å²) in [5.41, 5.74) is 7.99. The number of nitrogens with two attached hydrogens (primary N) is 1. The van der Waals surface area contributed by atoms with E-state index in [1.54, 1.807) is 42.5 Å². The topological polar surface area (TPSA) is 60.2 Å². The van der Waals surface area contributed by atoms with Gasteiger partial charge in [-0.15, -0.1) is 0 Å². The molecule has 3 nitrogen and oxygen atoms in total. The Kier molecular flexibility index (Phi) is 3.96. The Morgan fingerprint density at radius 2 is 1.74 bits per heavy atom. The van der Waals surface area contributed by atoms with Gasteiger partial charge in [-0.05, 0) is 46.6 Å². The zero-order valence-electron chi connectivity index (χ0n) is 10.4. The van der Waals surface area contributed by atoms with E-state index in [2.05, 4.69) is 15.9 Å². The van der Waals surface area contributed by atoms with Gasteiger partial charge in [0.05, 0.1) is 10.6 Å². The molecule has 2 aromatic rings. The predicted octanol–water partition coefficient (Wildman–Crippen LogP) is 3.31. The number of aryl methyl sites for hydroxylation is 1. The molecule has 0 bridgehead atoms. The molecule has 0 radical (unpaired) electrons. The van der Waals surface area contributed by atoms with Crippen molar-refractivity contribution in [1.29, 1.82) is 0 Å². The molecule has 0 saturated carbocycles. The Morgan fingerprint density at radius 1 is 1.11 bits per heavy atom. The number of rotatable bonds is 3. The van der Waals surface area contributed by atoms with Crippen molar-refractivity contribution in [3.8, 4) is 0 Å². The van der Waals surface area contributed by atoms with E-state index < -0.39 is 9.84 Å². The third-order valence-corrected chi connectivity index (χ3v) is 5.48. The summed E-state index contributed by atoms with van der Waals surface area (Å²) < 4.78 is 25.3. The molecule has 0 atom stereocenters. The maximum absolute atomic E-state index is 12.3. The molecule has 19 heavy (non-hydrogen) atoms. The van der Waals surface area contributed by atoms with Gasteiger partial charge in [0.2, 0.25) is 0 Å². The first-order valence-corrected chi connectivity index (χ1v) is 8.17. The average molecular weight is 340 g/mol. The molecule has 2 rings (SSSR count). The SMILES string of the molecule is Cc1ccc(S(=O)(=O)Cc2cccc(N)c2Br)cc1. The maximum atomic E-state index is 12.3. The quantitative estimate of drug-likeness (QED) is 0.872. The summed E-state index contributed by atoms with van der Waals surface area (Å²) in [6.45, 7) is 1.92. The van der Waals surface area contributed by atoms with Crippen LogP contribution >= 0.6 is 15.9 Å². The number of nitrogen functional groups attached to an aromatic ring is 1. The highest BCUT2D eigenvalue weighted by atomic mass is 79.9. The van der Waals surface area contributed by atoms with Gasteiger partial charge < -0.3 is 5.73 Å². The molecule has 0 aliphatic rings. The summed E-state index contributed by atoms with van der Waals surface area (Å²) >= 11 is 3.33. The summed E-state index contributed by atoms with van der Waals surface area (Å²) in [7, 11) is -3.35. The second kappa shape index (κ2) is 5.35. The van der Waals surface area contributed by atoms with Gasteiger partial charge in [-0.2, -0.15) is 0 Å². The minimum Gasteiger partial charge on any atom is -0.398 e. The molecule has 0 unspecified atom stereocenters. The maximum Gasteiger partial charge on any atom is 0.182 e. The van der Waals surface area contributed by atoms with Crippen molar-refractivity contribution in [2.45, 2.75) is 17.6 Å². The van der Waals surface area contributed by atoms with Gasteiger partial charge in [-0.25, -0.2) is 8.42 Å². The van der Waals surface area contributed by atoms with E-state index in [1.807, 2.05) is 6.92 Å². The van der Waals surface area contributed by atoms with Gasteiger partial charge in [0.15, 0.2) is 9.84 Å². The second-order valence-corrected chi connectivity index (χ2v) is 7.18. The first-order chi connectivity index (χ1) is 8.90. The molecule has 0 fully saturated rings. The van der Waals surface area contributed by atoms with Crippen LogP contribution in [-0.4, -0.2) is 8.42 Å². The fourth-order valence-electron chi connectivity index (χ4n) is 1.74. The van der Waals surface area contributed by atoms with E-state index in [0.29, 0.717) is 20.6 Å². The number of sulfone groups is 1. The van der Waals surface area contributed by atoms with Gasteiger partial charge in [-0.3, -0.25) is 0 Å². The van der Waals surface area contributed by atoms with E-state index >= 15 is 0 Å². The normalized spacial score (nSPS) is 11.5.